The van der Waals surface area contributed by atoms with E-state index < -0.39 is 5.41 Å². The summed E-state index contributed by atoms with van der Waals surface area (Å²) in [5.74, 6) is 0.344. The van der Waals surface area contributed by atoms with Crippen molar-refractivity contribution in [3.8, 4) is 0 Å². The third kappa shape index (κ3) is 3.27. The van der Waals surface area contributed by atoms with E-state index in [0.29, 0.717) is 24.7 Å². The smallest absolute Gasteiger partial charge is 0.317 e. The zero-order valence-corrected chi connectivity index (χ0v) is 13.5. The van der Waals surface area contributed by atoms with Crippen LogP contribution in [0.15, 0.2) is 6.07 Å². The lowest BCUT2D eigenvalue weighted by Gasteiger charge is -2.34. The van der Waals surface area contributed by atoms with E-state index in [9.17, 15) is 4.79 Å². The van der Waals surface area contributed by atoms with E-state index in [0.717, 1.165) is 6.54 Å². The normalized spacial score (nSPS) is 19.5. The van der Waals surface area contributed by atoms with Crippen molar-refractivity contribution in [1.82, 2.24) is 9.97 Å². The van der Waals surface area contributed by atoms with E-state index in [2.05, 4.69) is 21.8 Å². The summed E-state index contributed by atoms with van der Waals surface area (Å²) in [5, 5.41) is 0.123. The van der Waals surface area contributed by atoms with E-state index >= 15 is 0 Å². The van der Waals surface area contributed by atoms with Crippen molar-refractivity contribution < 1.29 is 14.3 Å². The molecule has 116 valence electrons. The molecule has 0 saturated carbocycles. The first-order chi connectivity index (χ1) is 9.86. The Kier molecular flexibility index (Phi) is 4.68. The Morgan fingerprint density at radius 2 is 2.24 bits per heavy atom. The molecule has 0 aliphatic carbocycles. The lowest BCUT2D eigenvalue weighted by Crippen LogP contribution is -2.44. The summed E-state index contributed by atoms with van der Waals surface area (Å²) < 4.78 is 10.3. The highest BCUT2D eigenvalue weighted by Gasteiger charge is 2.34. The van der Waals surface area contributed by atoms with Crippen molar-refractivity contribution in [1.29, 1.82) is 0 Å². The Balaban J connectivity index is 2.39. The molecule has 1 aliphatic heterocycles. The van der Waals surface area contributed by atoms with Crippen LogP contribution in [0, 0.1) is 0 Å². The van der Waals surface area contributed by atoms with Gasteiger partial charge >= 0.3 is 5.97 Å². The van der Waals surface area contributed by atoms with Crippen molar-refractivity contribution >= 4 is 23.4 Å². The first kappa shape index (κ1) is 16.0. The van der Waals surface area contributed by atoms with Crippen LogP contribution in [0.25, 0.3) is 0 Å². The molecular formula is C14H20ClN3O3. The van der Waals surface area contributed by atoms with E-state index in [1.807, 2.05) is 0 Å². The van der Waals surface area contributed by atoms with Gasteiger partial charge in [-0.2, -0.15) is 0 Å². The Morgan fingerprint density at radius 1 is 1.52 bits per heavy atom. The van der Waals surface area contributed by atoms with Gasteiger partial charge in [-0.05, 0) is 32.4 Å². The fourth-order valence-electron chi connectivity index (χ4n) is 2.30. The second-order valence-corrected chi connectivity index (χ2v) is 5.95. The van der Waals surface area contributed by atoms with Gasteiger partial charge < -0.3 is 14.4 Å². The molecule has 0 radical (unpaired) electrons. The number of hydrogen-bond donors (Lipinski definition) is 0. The number of anilines is 1. The largest absolute Gasteiger partial charge is 0.468 e. The van der Waals surface area contributed by atoms with Crippen molar-refractivity contribution in [3.05, 3.63) is 17.0 Å². The van der Waals surface area contributed by atoms with Crippen LogP contribution in [0.3, 0.4) is 0 Å². The molecule has 1 aromatic heterocycles. The monoisotopic (exact) mass is 313 g/mol. The minimum absolute atomic E-state index is 0.123. The zero-order chi connectivity index (χ0) is 15.6. The molecule has 0 bridgehead atoms. The molecule has 1 fully saturated rings. The summed E-state index contributed by atoms with van der Waals surface area (Å²) in [6, 6.07) is 1.99. The first-order valence-corrected chi connectivity index (χ1v) is 7.22. The Bertz CT molecular complexity index is 536. The summed E-state index contributed by atoms with van der Waals surface area (Å²) in [7, 11) is 1.36. The molecule has 0 spiro atoms. The molecule has 7 heteroatoms. The minimum Gasteiger partial charge on any atom is -0.468 e. The number of hydrogen-bond acceptors (Lipinski definition) is 6. The average Bonchev–Trinajstić information content (AvgIpc) is 2.46. The highest BCUT2D eigenvalue weighted by Crippen LogP contribution is 2.28. The molecular weight excluding hydrogens is 294 g/mol. The van der Waals surface area contributed by atoms with Crippen molar-refractivity contribution in [2.24, 2.45) is 0 Å². The van der Waals surface area contributed by atoms with E-state index in [1.165, 1.54) is 7.11 Å². The molecule has 1 aliphatic rings. The number of rotatable bonds is 3. The van der Waals surface area contributed by atoms with Gasteiger partial charge in [0.25, 0.3) is 0 Å². The summed E-state index contributed by atoms with van der Waals surface area (Å²) in [6.07, 6.45) is 0. The Labute approximate surface area is 129 Å². The third-order valence-corrected chi connectivity index (χ3v) is 3.85. The predicted octanol–water partition coefficient (Wildman–Crippen LogP) is 1.81. The van der Waals surface area contributed by atoms with Gasteiger partial charge in [0.1, 0.15) is 11.2 Å². The standard InChI is InChI=1S/C14H20ClN3O3/c1-9-8-21-6-5-18(9)11-7-10(16-13(15)17-11)14(2,3)12(19)20-4/h7,9H,5-6,8H2,1-4H3/t9-/m1/s1. The van der Waals surface area contributed by atoms with Crippen LogP contribution in [-0.2, 0) is 19.7 Å². The van der Waals surface area contributed by atoms with Crippen LogP contribution in [0.4, 0.5) is 5.82 Å². The highest BCUT2D eigenvalue weighted by atomic mass is 35.5. The number of halogens is 1. The van der Waals surface area contributed by atoms with Gasteiger partial charge in [-0.3, -0.25) is 4.79 Å². The summed E-state index contributed by atoms with van der Waals surface area (Å²) in [6.45, 7) is 7.57. The van der Waals surface area contributed by atoms with Gasteiger partial charge in [0.2, 0.25) is 5.28 Å². The fraction of sp³-hybridized carbons (Fsp3) is 0.643. The Hall–Kier alpha value is -1.40. The number of nitrogens with zero attached hydrogens (tertiary/aromatic N) is 3. The number of esters is 1. The number of carbonyl (C=O) groups excluding carboxylic acids is 1. The van der Waals surface area contributed by atoms with E-state index in [-0.39, 0.29) is 17.3 Å². The number of aromatic nitrogens is 2. The molecule has 0 N–H and O–H groups in total. The van der Waals surface area contributed by atoms with Crippen LogP contribution in [-0.4, -0.2) is 48.8 Å². The minimum atomic E-state index is -0.883. The lowest BCUT2D eigenvalue weighted by atomic mass is 9.89. The van der Waals surface area contributed by atoms with Crippen molar-refractivity contribution in [2.75, 3.05) is 31.8 Å². The van der Waals surface area contributed by atoms with E-state index in [1.54, 1.807) is 19.9 Å². The van der Waals surface area contributed by atoms with Crippen LogP contribution in [0.2, 0.25) is 5.28 Å². The SMILES string of the molecule is COC(=O)C(C)(C)c1cc(N2CCOC[C@H]2C)nc(Cl)n1. The molecule has 21 heavy (non-hydrogen) atoms. The predicted molar refractivity (Wildman–Crippen MR) is 79.7 cm³/mol. The maximum absolute atomic E-state index is 11.9. The van der Waals surface area contributed by atoms with Crippen LogP contribution < -0.4 is 4.90 Å². The molecule has 0 unspecified atom stereocenters. The van der Waals surface area contributed by atoms with Gasteiger partial charge in [-0.15, -0.1) is 0 Å². The third-order valence-electron chi connectivity index (χ3n) is 3.68. The van der Waals surface area contributed by atoms with Gasteiger partial charge in [0.15, 0.2) is 0 Å². The van der Waals surface area contributed by atoms with Gasteiger partial charge in [0.05, 0.1) is 32.1 Å². The maximum Gasteiger partial charge on any atom is 0.317 e. The number of ether oxygens (including phenoxy) is 2. The van der Waals surface area contributed by atoms with E-state index in [4.69, 9.17) is 21.1 Å². The summed E-state index contributed by atoms with van der Waals surface area (Å²) in [4.78, 5) is 22.5. The molecule has 1 saturated heterocycles. The van der Waals surface area contributed by atoms with Crippen molar-refractivity contribution in [2.45, 2.75) is 32.2 Å². The molecule has 2 rings (SSSR count). The van der Waals surface area contributed by atoms with Gasteiger partial charge in [-0.1, -0.05) is 0 Å². The topological polar surface area (TPSA) is 64.5 Å². The van der Waals surface area contributed by atoms with Gasteiger partial charge in [0, 0.05) is 12.6 Å². The molecule has 1 atom stereocenters. The Morgan fingerprint density at radius 3 is 2.86 bits per heavy atom. The average molecular weight is 314 g/mol. The van der Waals surface area contributed by atoms with Crippen LogP contribution in [0.5, 0.6) is 0 Å². The van der Waals surface area contributed by atoms with Crippen LogP contribution in [0.1, 0.15) is 26.5 Å². The van der Waals surface area contributed by atoms with Crippen LogP contribution >= 0.6 is 11.6 Å². The second kappa shape index (κ2) is 6.15. The lowest BCUT2D eigenvalue weighted by molar-refractivity contribution is -0.146. The number of carbonyl (C=O) groups is 1. The highest BCUT2D eigenvalue weighted by molar-refractivity contribution is 6.28. The zero-order valence-electron chi connectivity index (χ0n) is 12.7. The quantitative estimate of drug-likeness (QED) is 0.626. The summed E-state index contributed by atoms with van der Waals surface area (Å²) in [5.41, 5.74) is -0.339. The molecule has 6 nitrogen and oxygen atoms in total. The summed E-state index contributed by atoms with van der Waals surface area (Å²) >= 11 is 6.04. The second-order valence-electron chi connectivity index (χ2n) is 5.61. The molecule has 0 aromatic carbocycles. The molecule has 2 heterocycles. The van der Waals surface area contributed by atoms with Crippen molar-refractivity contribution in [3.63, 3.8) is 0 Å². The molecule has 1 aromatic rings. The maximum atomic E-state index is 11.9. The fourth-order valence-corrected chi connectivity index (χ4v) is 2.48. The number of morpholine rings is 1. The van der Waals surface area contributed by atoms with Gasteiger partial charge in [-0.25, -0.2) is 9.97 Å². The molecule has 0 amide bonds. The first-order valence-electron chi connectivity index (χ1n) is 6.84. The number of methoxy groups -OCH3 is 1.